The minimum Gasteiger partial charge on any atom is -0.496 e. The van der Waals surface area contributed by atoms with Crippen molar-refractivity contribution in [1.82, 2.24) is 4.98 Å². The van der Waals surface area contributed by atoms with E-state index in [4.69, 9.17) is 16.3 Å². The lowest BCUT2D eigenvalue weighted by Gasteiger charge is -2.08. The predicted octanol–water partition coefficient (Wildman–Crippen LogP) is 4.70. The number of halogens is 2. The van der Waals surface area contributed by atoms with E-state index in [1.165, 1.54) is 13.2 Å². The molecule has 0 unspecified atom stereocenters. The molecule has 0 aliphatic carbocycles. The van der Waals surface area contributed by atoms with Crippen LogP contribution in [0.4, 0.5) is 4.39 Å². The normalized spacial score (nSPS) is 11.0. The Kier molecular flexibility index (Phi) is 4.09. The number of nitrogens with one attached hydrogen (secondary N) is 1. The van der Waals surface area contributed by atoms with Crippen molar-refractivity contribution in [2.75, 3.05) is 7.11 Å². The molecule has 118 valence electrons. The molecule has 0 atom stereocenters. The van der Waals surface area contributed by atoms with E-state index in [9.17, 15) is 9.18 Å². The Labute approximate surface area is 138 Å². The molecule has 0 aliphatic heterocycles. The Morgan fingerprint density at radius 3 is 2.83 bits per heavy atom. The quantitative estimate of drug-likeness (QED) is 0.704. The number of aromatic amines is 1. The van der Waals surface area contributed by atoms with Crippen molar-refractivity contribution in [3.05, 3.63) is 64.1 Å². The molecule has 0 amide bonds. The fourth-order valence-electron chi connectivity index (χ4n) is 2.69. The van der Waals surface area contributed by atoms with Gasteiger partial charge < -0.3 is 9.72 Å². The van der Waals surface area contributed by atoms with E-state index in [2.05, 4.69) is 4.98 Å². The summed E-state index contributed by atoms with van der Waals surface area (Å²) in [5.41, 5.74) is 2.33. The third-order valence-corrected chi connectivity index (χ3v) is 4.02. The van der Waals surface area contributed by atoms with Crippen LogP contribution in [0.15, 0.2) is 36.5 Å². The zero-order valence-corrected chi connectivity index (χ0v) is 13.5. The highest BCUT2D eigenvalue weighted by molar-refractivity contribution is 6.30. The number of fused-ring (bicyclic) bond motifs is 1. The molecule has 0 saturated carbocycles. The number of aryl methyl sites for hydroxylation is 1. The van der Waals surface area contributed by atoms with Crippen molar-refractivity contribution in [2.24, 2.45) is 0 Å². The predicted molar refractivity (Wildman–Crippen MR) is 89.0 cm³/mol. The number of carbonyl (C=O) groups is 1. The lowest BCUT2D eigenvalue weighted by atomic mass is 10.0. The Morgan fingerprint density at radius 2 is 2.09 bits per heavy atom. The standard InChI is InChI=1S/C18H15ClFNO2/c1-10-5-13-14(9-21-18(13)15(20)6-10)16(22)7-11-3-4-12(19)8-17(11)23-2/h3-6,8-9,21H,7H2,1-2H3. The van der Waals surface area contributed by atoms with Gasteiger partial charge >= 0.3 is 0 Å². The number of rotatable bonds is 4. The van der Waals surface area contributed by atoms with E-state index in [0.717, 1.165) is 11.1 Å². The van der Waals surface area contributed by atoms with E-state index in [1.807, 2.05) is 0 Å². The average molecular weight is 332 g/mol. The van der Waals surface area contributed by atoms with E-state index in [0.29, 0.717) is 27.2 Å². The molecule has 0 aliphatic rings. The van der Waals surface area contributed by atoms with Gasteiger partial charge in [0.2, 0.25) is 0 Å². The number of hydrogen-bond donors (Lipinski definition) is 1. The third-order valence-electron chi connectivity index (χ3n) is 3.79. The molecule has 5 heteroatoms. The van der Waals surface area contributed by atoms with E-state index >= 15 is 0 Å². The van der Waals surface area contributed by atoms with Crippen LogP contribution >= 0.6 is 11.6 Å². The van der Waals surface area contributed by atoms with Gasteiger partial charge in [0.25, 0.3) is 0 Å². The molecule has 1 heterocycles. The van der Waals surface area contributed by atoms with Gasteiger partial charge in [0.15, 0.2) is 5.78 Å². The first kappa shape index (κ1) is 15.6. The highest BCUT2D eigenvalue weighted by atomic mass is 35.5. The first-order valence-electron chi connectivity index (χ1n) is 7.12. The summed E-state index contributed by atoms with van der Waals surface area (Å²) >= 11 is 5.93. The second-order valence-corrected chi connectivity index (χ2v) is 5.86. The van der Waals surface area contributed by atoms with Crippen LogP contribution in [0.5, 0.6) is 5.75 Å². The molecule has 2 aromatic carbocycles. The summed E-state index contributed by atoms with van der Waals surface area (Å²) < 4.78 is 19.2. The minimum atomic E-state index is -0.358. The van der Waals surface area contributed by atoms with Crippen molar-refractivity contribution in [1.29, 1.82) is 0 Å². The maximum absolute atomic E-state index is 13.9. The lowest BCUT2D eigenvalue weighted by Crippen LogP contribution is -2.04. The van der Waals surface area contributed by atoms with Crippen LogP contribution in [-0.4, -0.2) is 17.9 Å². The Morgan fingerprint density at radius 1 is 1.30 bits per heavy atom. The van der Waals surface area contributed by atoms with Gasteiger partial charge in [-0.2, -0.15) is 0 Å². The van der Waals surface area contributed by atoms with Crippen LogP contribution < -0.4 is 4.74 Å². The summed E-state index contributed by atoms with van der Waals surface area (Å²) in [7, 11) is 1.53. The largest absolute Gasteiger partial charge is 0.496 e. The number of benzene rings is 2. The number of carbonyl (C=O) groups excluding carboxylic acids is 1. The number of Topliss-reactive ketones (excluding diaryl/α,β-unsaturated/α-hetero) is 1. The molecule has 0 spiro atoms. The zero-order valence-electron chi connectivity index (χ0n) is 12.7. The van der Waals surface area contributed by atoms with Gasteiger partial charge in [-0.15, -0.1) is 0 Å². The molecule has 0 bridgehead atoms. The van der Waals surface area contributed by atoms with Crippen molar-refractivity contribution >= 4 is 28.3 Å². The van der Waals surface area contributed by atoms with Crippen LogP contribution in [0.25, 0.3) is 10.9 Å². The Balaban J connectivity index is 1.99. The molecule has 1 N–H and O–H groups in total. The van der Waals surface area contributed by atoms with Gasteiger partial charge in [-0.3, -0.25) is 4.79 Å². The fraction of sp³-hybridized carbons (Fsp3) is 0.167. The van der Waals surface area contributed by atoms with Crippen LogP contribution in [0.3, 0.4) is 0 Å². The van der Waals surface area contributed by atoms with Crippen molar-refractivity contribution in [3.63, 3.8) is 0 Å². The first-order valence-corrected chi connectivity index (χ1v) is 7.50. The summed E-state index contributed by atoms with van der Waals surface area (Å²) in [5, 5.41) is 1.14. The second-order valence-electron chi connectivity index (χ2n) is 5.43. The highest BCUT2D eigenvalue weighted by Gasteiger charge is 2.17. The zero-order chi connectivity index (χ0) is 16.6. The van der Waals surface area contributed by atoms with Crippen molar-refractivity contribution in [3.8, 4) is 5.75 Å². The molecule has 1 aromatic heterocycles. The van der Waals surface area contributed by atoms with Gasteiger partial charge in [0.1, 0.15) is 11.6 Å². The maximum Gasteiger partial charge on any atom is 0.169 e. The van der Waals surface area contributed by atoms with E-state index < -0.39 is 0 Å². The number of ketones is 1. The molecule has 3 rings (SSSR count). The van der Waals surface area contributed by atoms with E-state index in [-0.39, 0.29) is 18.0 Å². The SMILES string of the molecule is COc1cc(Cl)ccc1CC(=O)c1c[nH]c2c(F)cc(C)cc12. The summed E-state index contributed by atoms with van der Waals surface area (Å²) in [4.78, 5) is 15.5. The minimum absolute atomic E-state index is 0.109. The summed E-state index contributed by atoms with van der Waals surface area (Å²) in [6.45, 7) is 1.80. The van der Waals surface area contributed by atoms with Gasteiger partial charge in [-0.25, -0.2) is 4.39 Å². The van der Waals surface area contributed by atoms with Crippen LogP contribution in [0.1, 0.15) is 21.5 Å². The van der Waals surface area contributed by atoms with Crippen LogP contribution in [0.2, 0.25) is 5.02 Å². The smallest absolute Gasteiger partial charge is 0.169 e. The second kappa shape index (κ2) is 6.05. The topological polar surface area (TPSA) is 42.1 Å². The Hall–Kier alpha value is -2.33. The number of methoxy groups -OCH3 is 1. The van der Waals surface area contributed by atoms with Crippen LogP contribution in [-0.2, 0) is 6.42 Å². The number of hydrogen-bond acceptors (Lipinski definition) is 2. The third kappa shape index (κ3) is 2.94. The first-order chi connectivity index (χ1) is 11.0. The molecule has 0 saturated heterocycles. The van der Waals surface area contributed by atoms with Crippen molar-refractivity contribution in [2.45, 2.75) is 13.3 Å². The number of ether oxygens (including phenoxy) is 1. The molecular weight excluding hydrogens is 317 g/mol. The summed E-state index contributed by atoms with van der Waals surface area (Å²) in [5.74, 6) is 0.0954. The number of aromatic nitrogens is 1. The number of H-pyrrole nitrogens is 1. The lowest BCUT2D eigenvalue weighted by molar-refractivity contribution is 0.0993. The monoisotopic (exact) mass is 331 g/mol. The molecule has 3 nitrogen and oxygen atoms in total. The van der Waals surface area contributed by atoms with Crippen molar-refractivity contribution < 1.29 is 13.9 Å². The summed E-state index contributed by atoms with van der Waals surface area (Å²) in [6, 6.07) is 8.39. The van der Waals surface area contributed by atoms with Gasteiger partial charge in [-0.05, 0) is 36.8 Å². The molecule has 23 heavy (non-hydrogen) atoms. The molecule has 0 fully saturated rings. The average Bonchev–Trinajstić information content (AvgIpc) is 2.93. The molecule has 3 aromatic rings. The molecule has 0 radical (unpaired) electrons. The van der Waals surface area contributed by atoms with E-state index in [1.54, 1.807) is 37.4 Å². The Bertz CT molecular complexity index is 901. The van der Waals surface area contributed by atoms with Gasteiger partial charge in [-0.1, -0.05) is 17.7 Å². The van der Waals surface area contributed by atoms with Gasteiger partial charge in [0.05, 0.1) is 12.6 Å². The van der Waals surface area contributed by atoms with Gasteiger partial charge in [0, 0.05) is 34.2 Å². The summed E-state index contributed by atoms with van der Waals surface area (Å²) in [6.07, 6.45) is 1.71. The highest BCUT2D eigenvalue weighted by Crippen LogP contribution is 2.27. The molecular formula is C18H15ClFNO2. The maximum atomic E-state index is 13.9. The van der Waals surface area contributed by atoms with Crippen LogP contribution in [0, 0.1) is 12.7 Å². The fourth-order valence-corrected chi connectivity index (χ4v) is 2.85.